The fraction of sp³-hybridized carbons (Fsp3) is 0.500. The molecule has 2 aromatic heterocycles. The molecule has 2 aromatic rings. The number of hydrogen-bond donors (Lipinski definition) is 0. The molecule has 0 radical (unpaired) electrons. The highest BCUT2D eigenvalue weighted by Crippen LogP contribution is 2.16. The number of aromatic nitrogens is 3. The topological polar surface area (TPSA) is 54.3 Å². The maximum absolute atomic E-state index is 12.6. The van der Waals surface area contributed by atoms with Crippen LogP contribution in [0.2, 0.25) is 0 Å². The van der Waals surface area contributed by atoms with Crippen LogP contribution >= 0.6 is 0 Å². The summed E-state index contributed by atoms with van der Waals surface area (Å²) in [7, 11) is 1.83. The second-order valence-corrected chi connectivity index (χ2v) is 6.76. The van der Waals surface area contributed by atoms with Gasteiger partial charge in [0.2, 0.25) is 0 Å². The fourth-order valence-corrected chi connectivity index (χ4v) is 3.41. The first-order valence-electron chi connectivity index (χ1n) is 8.38. The highest BCUT2D eigenvalue weighted by Gasteiger charge is 2.28. The predicted octanol–water partition coefficient (Wildman–Crippen LogP) is 1.78. The summed E-state index contributed by atoms with van der Waals surface area (Å²) in [6.45, 7) is 9.54. The molecule has 1 amide bonds. The van der Waals surface area contributed by atoms with Gasteiger partial charge < -0.3 is 4.90 Å². The Labute approximate surface area is 143 Å². The molecule has 1 fully saturated rings. The molecular formula is C18H25N5O. The van der Waals surface area contributed by atoms with Crippen LogP contribution in [0.1, 0.15) is 34.2 Å². The van der Waals surface area contributed by atoms with Crippen molar-refractivity contribution >= 4 is 5.91 Å². The Balaban J connectivity index is 1.63. The number of pyridine rings is 1. The number of carbonyl (C=O) groups is 1. The number of piperazine rings is 1. The highest BCUT2D eigenvalue weighted by atomic mass is 16.2. The molecule has 6 heteroatoms. The summed E-state index contributed by atoms with van der Waals surface area (Å²) < 4.78 is 1.67. The SMILES string of the molecule is Cc1cc(C)nc(CN2CCN(C(=O)c3cnn(C)c3)[C@@H](C)C2)c1. The van der Waals surface area contributed by atoms with Crippen molar-refractivity contribution in [3.63, 3.8) is 0 Å². The fourth-order valence-electron chi connectivity index (χ4n) is 3.41. The van der Waals surface area contributed by atoms with E-state index in [4.69, 9.17) is 0 Å². The normalized spacial score (nSPS) is 18.8. The van der Waals surface area contributed by atoms with E-state index in [1.807, 2.05) is 18.9 Å². The second-order valence-electron chi connectivity index (χ2n) is 6.76. The van der Waals surface area contributed by atoms with Gasteiger partial charge in [-0.05, 0) is 38.5 Å². The molecule has 1 atom stereocenters. The van der Waals surface area contributed by atoms with E-state index in [0.29, 0.717) is 5.56 Å². The lowest BCUT2D eigenvalue weighted by atomic mass is 10.1. The molecule has 0 spiro atoms. The van der Waals surface area contributed by atoms with E-state index < -0.39 is 0 Å². The van der Waals surface area contributed by atoms with Gasteiger partial charge in [-0.25, -0.2) is 0 Å². The molecule has 0 aromatic carbocycles. The first-order valence-corrected chi connectivity index (χ1v) is 8.38. The van der Waals surface area contributed by atoms with Crippen molar-refractivity contribution in [2.75, 3.05) is 19.6 Å². The van der Waals surface area contributed by atoms with Gasteiger partial charge in [0.05, 0.1) is 17.5 Å². The summed E-state index contributed by atoms with van der Waals surface area (Å²) in [5, 5.41) is 4.10. The van der Waals surface area contributed by atoms with Crippen molar-refractivity contribution in [2.24, 2.45) is 7.05 Å². The summed E-state index contributed by atoms with van der Waals surface area (Å²) in [6, 6.07) is 4.42. The highest BCUT2D eigenvalue weighted by molar-refractivity contribution is 5.94. The lowest BCUT2D eigenvalue weighted by Crippen LogP contribution is -2.53. The Morgan fingerprint density at radius 2 is 2.08 bits per heavy atom. The van der Waals surface area contributed by atoms with E-state index in [-0.39, 0.29) is 11.9 Å². The van der Waals surface area contributed by atoms with Gasteiger partial charge in [-0.1, -0.05) is 0 Å². The van der Waals surface area contributed by atoms with E-state index in [1.165, 1.54) is 5.56 Å². The van der Waals surface area contributed by atoms with Crippen molar-refractivity contribution in [2.45, 2.75) is 33.4 Å². The molecule has 24 heavy (non-hydrogen) atoms. The van der Waals surface area contributed by atoms with E-state index in [9.17, 15) is 4.79 Å². The van der Waals surface area contributed by atoms with E-state index >= 15 is 0 Å². The van der Waals surface area contributed by atoms with Gasteiger partial charge in [0, 0.05) is 51.2 Å². The Bertz CT molecular complexity index is 719. The van der Waals surface area contributed by atoms with Gasteiger partial charge in [-0.15, -0.1) is 0 Å². The van der Waals surface area contributed by atoms with Crippen LogP contribution in [0.5, 0.6) is 0 Å². The third kappa shape index (κ3) is 3.64. The van der Waals surface area contributed by atoms with E-state index in [0.717, 1.165) is 37.6 Å². The largest absolute Gasteiger partial charge is 0.333 e. The zero-order valence-corrected chi connectivity index (χ0v) is 14.9. The van der Waals surface area contributed by atoms with Crippen molar-refractivity contribution in [1.29, 1.82) is 0 Å². The maximum atomic E-state index is 12.6. The van der Waals surface area contributed by atoms with E-state index in [2.05, 4.69) is 41.0 Å². The van der Waals surface area contributed by atoms with E-state index in [1.54, 1.807) is 17.1 Å². The van der Waals surface area contributed by atoms with Crippen LogP contribution in [0.15, 0.2) is 24.5 Å². The minimum Gasteiger partial charge on any atom is -0.333 e. The molecule has 6 nitrogen and oxygen atoms in total. The van der Waals surface area contributed by atoms with Gasteiger partial charge in [-0.2, -0.15) is 5.10 Å². The second kappa shape index (κ2) is 6.73. The average Bonchev–Trinajstić information content (AvgIpc) is 2.92. The van der Waals surface area contributed by atoms with Crippen LogP contribution in [-0.4, -0.2) is 56.1 Å². The van der Waals surface area contributed by atoms with Crippen LogP contribution in [0.4, 0.5) is 0 Å². The lowest BCUT2D eigenvalue weighted by molar-refractivity contribution is 0.0473. The molecule has 0 saturated carbocycles. The average molecular weight is 327 g/mol. The van der Waals surface area contributed by atoms with Crippen LogP contribution in [-0.2, 0) is 13.6 Å². The molecule has 0 N–H and O–H groups in total. The lowest BCUT2D eigenvalue weighted by Gasteiger charge is -2.39. The summed E-state index contributed by atoms with van der Waals surface area (Å²) in [6.07, 6.45) is 3.42. The van der Waals surface area contributed by atoms with Crippen LogP contribution in [0.3, 0.4) is 0 Å². The first kappa shape index (κ1) is 16.6. The molecule has 128 valence electrons. The Morgan fingerprint density at radius 1 is 1.29 bits per heavy atom. The number of carbonyl (C=O) groups excluding carboxylic acids is 1. The van der Waals surface area contributed by atoms with Crippen LogP contribution < -0.4 is 0 Å². The molecule has 3 heterocycles. The number of aryl methyl sites for hydroxylation is 3. The summed E-state index contributed by atoms with van der Waals surface area (Å²) in [5.41, 5.74) is 4.07. The Morgan fingerprint density at radius 3 is 2.71 bits per heavy atom. The minimum absolute atomic E-state index is 0.0692. The summed E-state index contributed by atoms with van der Waals surface area (Å²) in [5.74, 6) is 0.0692. The van der Waals surface area contributed by atoms with Crippen molar-refractivity contribution in [3.05, 3.63) is 47.0 Å². The van der Waals surface area contributed by atoms with Gasteiger partial charge in [-0.3, -0.25) is 19.4 Å². The quantitative estimate of drug-likeness (QED) is 0.862. The summed E-state index contributed by atoms with van der Waals surface area (Å²) >= 11 is 0. The molecule has 0 unspecified atom stereocenters. The molecule has 1 aliphatic rings. The number of amides is 1. The molecule has 1 saturated heterocycles. The Kier molecular flexibility index (Phi) is 4.66. The molecular weight excluding hydrogens is 302 g/mol. The standard InChI is InChI=1S/C18H25N5O/c1-13-7-14(2)20-17(8-13)12-22-5-6-23(15(3)10-22)18(24)16-9-19-21(4)11-16/h7-9,11,15H,5-6,10,12H2,1-4H3/t15-/m0/s1. The monoisotopic (exact) mass is 327 g/mol. The third-order valence-corrected chi connectivity index (χ3v) is 4.46. The Hall–Kier alpha value is -2.21. The predicted molar refractivity (Wildman–Crippen MR) is 92.7 cm³/mol. The molecule has 1 aliphatic heterocycles. The minimum atomic E-state index is 0.0692. The van der Waals surface area contributed by atoms with Gasteiger partial charge in [0.1, 0.15) is 0 Å². The first-order chi connectivity index (χ1) is 11.4. The molecule has 0 bridgehead atoms. The zero-order chi connectivity index (χ0) is 17.3. The van der Waals surface area contributed by atoms with Gasteiger partial charge in [0.15, 0.2) is 0 Å². The third-order valence-electron chi connectivity index (χ3n) is 4.46. The smallest absolute Gasteiger partial charge is 0.257 e. The van der Waals surface area contributed by atoms with Gasteiger partial charge >= 0.3 is 0 Å². The van der Waals surface area contributed by atoms with Crippen molar-refractivity contribution in [3.8, 4) is 0 Å². The number of nitrogens with zero attached hydrogens (tertiary/aromatic N) is 5. The zero-order valence-electron chi connectivity index (χ0n) is 14.9. The maximum Gasteiger partial charge on any atom is 0.257 e. The van der Waals surface area contributed by atoms with Crippen LogP contribution in [0.25, 0.3) is 0 Å². The van der Waals surface area contributed by atoms with Gasteiger partial charge in [0.25, 0.3) is 5.91 Å². The van der Waals surface area contributed by atoms with Crippen molar-refractivity contribution < 1.29 is 4.79 Å². The van der Waals surface area contributed by atoms with Crippen LogP contribution in [0, 0.1) is 13.8 Å². The molecule has 0 aliphatic carbocycles. The number of rotatable bonds is 3. The molecule has 3 rings (SSSR count). The number of hydrogen-bond acceptors (Lipinski definition) is 4. The van der Waals surface area contributed by atoms with Crippen molar-refractivity contribution in [1.82, 2.24) is 24.6 Å². The summed E-state index contributed by atoms with van der Waals surface area (Å²) in [4.78, 5) is 21.6.